The summed E-state index contributed by atoms with van der Waals surface area (Å²) >= 11 is 0. The minimum atomic E-state index is 0.619. The molecule has 4 heteroatoms. The summed E-state index contributed by atoms with van der Waals surface area (Å²) in [7, 11) is 0. The van der Waals surface area contributed by atoms with Crippen LogP contribution < -0.4 is 0 Å². The Kier molecular flexibility index (Phi) is 4.79. The normalized spacial score (nSPS) is 11.6. The molecule has 8 aromatic rings. The predicted molar refractivity (Wildman–Crippen MR) is 158 cm³/mol. The van der Waals surface area contributed by atoms with Crippen LogP contribution in [0.15, 0.2) is 132 Å². The van der Waals surface area contributed by atoms with Crippen LogP contribution >= 0.6 is 0 Å². The average molecular weight is 500 g/mol. The maximum absolute atomic E-state index is 6.19. The molecule has 0 bridgehead atoms. The van der Waals surface area contributed by atoms with Crippen molar-refractivity contribution in [3.63, 3.8) is 0 Å². The molecule has 0 N–H and O–H groups in total. The molecule has 0 aliphatic heterocycles. The quantitative estimate of drug-likeness (QED) is 0.243. The molecule has 182 valence electrons. The van der Waals surface area contributed by atoms with E-state index in [1.165, 1.54) is 0 Å². The van der Waals surface area contributed by atoms with Gasteiger partial charge in [0.05, 0.1) is 0 Å². The van der Waals surface area contributed by atoms with Crippen molar-refractivity contribution >= 4 is 43.5 Å². The number of hydrogen-bond acceptors (Lipinski definition) is 4. The van der Waals surface area contributed by atoms with Crippen LogP contribution in [0, 0.1) is 0 Å². The molecule has 8 rings (SSSR count). The molecule has 6 aromatic carbocycles. The molecule has 0 amide bonds. The zero-order valence-corrected chi connectivity index (χ0v) is 20.9. The third-order valence-electron chi connectivity index (χ3n) is 7.34. The molecule has 2 heterocycles. The fraction of sp³-hybridized carbons (Fsp3) is 0. The Morgan fingerprint density at radius 2 is 0.795 bits per heavy atom. The van der Waals surface area contributed by atoms with Gasteiger partial charge in [0.25, 0.3) is 0 Å². The maximum atomic E-state index is 6.19. The zero-order valence-electron chi connectivity index (χ0n) is 20.9. The van der Waals surface area contributed by atoms with Crippen LogP contribution in [0.1, 0.15) is 0 Å². The Bertz CT molecular complexity index is 2090. The minimum Gasteiger partial charge on any atom is -0.456 e. The van der Waals surface area contributed by atoms with Crippen molar-refractivity contribution in [3.05, 3.63) is 127 Å². The van der Waals surface area contributed by atoms with Gasteiger partial charge in [-0.3, -0.25) is 0 Å². The van der Waals surface area contributed by atoms with E-state index in [9.17, 15) is 0 Å². The van der Waals surface area contributed by atoms with E-state index < -0.39 is 0 Å². The van der Waals surface area contributed by atoms with E-state index in [1.807, 2.05) is 30.3 Å². The molecule has 2 aromatic heterocycles. The molecule has 0 saturated heterocycles. The van der Waals surface area contributed by atoms with E-state index in [-0.39, 0.29) is 0 Å². The monoisotopic (exact) mass is 499 g/mol. The van der Waals surface area contributed by atoms with Gasteiger partial charge in [-0.2, -0.15) is 0 Å². The first-order valence-corrected chi connectivity index (χ1v) is 13.0. The van der Waals surface area contributed by atoms with Gasteiger partial charge in [0.15, 0.2) is 17.5 Å². The Balaban J connectivity index is 1.47. The summed E-state index contributed by atoms with van der Waals surface area (Å²) in [6.07, 6.45) is 0. The van der Waals surface area contributed by atoms with Gasteiger partial charge >= 0.3 is 0 Å². The number of para-hydroxylation sites is 1. The molecule has 0 aliphatic rings. The van der Waals surface area contributed by atoms with Crippen LogP contribution in [0.4, 0.5) is 0 Å². The van der Waals surface area contributed by atoms with E-state index in [2.05, 4.69) is 97.1 Å². The van der Waals surface area contributed by atoms with Crippen molar-refractivity contribution in [3.8, 4) is 34.2 Å². The van der Waals surface area contributed by atoms with Crippen LogP contribution in [0.5, 0.6) is 0 Å². The lowest BCUT2D eigenvalue weighted by Crippen LogP contribution is -2.01. The molecule has 0 unspecified atom stereocenters. The van der Waals surface area contributed by atoms with Gasteiger partial charge in [-0.1, -0.05) is 115 Å². The Morgan fingerprint density at radius 3 is 1.44 bits per heavy atom. The fourth-order valence-electron chi connectivity index (χ4n) is 5.54. The third-order valence-corrected chi connectivity index (χ3v) is 7.34. The summed E-state index contributed by atoms with van der Waals surface area (Å²) in [6, 6.07) is 43.4. The van der Waals surface area contributed by atoms with Crippen molar-refractivity contribution in [2.24, 2.45) is 0 Å². The average Bonchev–Trinajstić information content (AvgIpc) is 3.39. The van der Waals surface area contributed by atoms with Gasteiger partial charge in [-0.25, -0.2) is 15.0 Å². The van der Waals surface area contributed by atoms with Crippen molar-refractivity contribution < 1.29 is 4.42 Å². The van der Waals surface area contributed by atoms with E-state index in [0.717, 1.165) is 60.2 Å². The van der Waals surface area contributed by atoms with Gasteiger partial charge in [0, 0.05) is 27.5 Å². The molecule has 0 radical (unpaired) electrons. The summed E-state index contributed by atoms with van der Waals surface area (Å²) < 4.78 is 6.19. The Hall–Kier alpha value is -5.35. The molecule has 0 saturated carbocycles. The van der Waals surface area contributed by atoms with Crippen molar-refractivity contribution in [1.29, 1.82) is 0 Å². The summed E-state index contributed by atoms with van der Waals surface area (Å²) in [5.41, 5.74) is 4.53. The summed E-state index contributed by atoms with van der Waals surface area (Å²) in [4.78, 5) is 15.3. The molecule has 4 nitrogen and oxygen atoms in total. The van der Waals surface area contributed by atoms with Gasteiger partial charge in [0.1, 0.15) is 11.2 Å². The minimum absolute atomic E-state index is 0.619. The lowest BCUT2D eigenvalue weighted by atomic mass is 10.0. The molecular weight excluding hydrogens is 478 g/mol. The first-order chi connectivity index (χ1) is 19.3. The molecule has 0 fully saturated rings. The summed E-state index contributed by atoms with van der Waals surface area (Å²) in [6.45, 7) is 0. The van der Waals surface area contributed by atoms with E-state index in [1.54, 1.807) is 0 Å². The number of nitrogens with zero attached hydrogens (tertiary/aromatic N) is 3. The van der Waals surface area contributed by atoms with Gasteiger partial charge in [-0.05, 0) is 33.7 Å². The topological polar surface area (TPSA) is 51.8 Å². The van der Waals surface area contributed by atoms with Crippen LogP contribution in [-0.4, -0.2) is 15.0 Å². The third kappa shape index (κ3) is 3.50. The highest BCUT2D eigenvalue weighted by molar-refractivity contribution is 6.12. The first-order valence-electron chi connectivity index (χ1n) is 13.0. The lowest BCUT2D eigenvalue weighted by molar-refractivity contribution is 0.669. The maximum Gasteiger partial charge on any atom is 0.164 e. The SMILES string of the molecule is c1ccc2c(-c3nc(-c4cccc5ccccc45)nc(-c4cccc5oc6ccccc6c45)n3)cccc2c1. The molecule has 0 aliphatic carbocycles. The van der Waals surface area contributed by atoms with Gasteiger partial charge < -0.3 is 4.42 Å². The molecule has 39 heavy (non-hydrogen) atoms. The van der Waals surface area contributed by atoms with Crippen molar-refractivity contribution in [2.75, 3.05) is 0 Å². The zero-order chi connectivity index (χ0) is 25.8. The first kappa shape index (κ1) is 21.7. The Labute approximate surface area is 224 Å². The van der Waals surface area contributed by atoms with Crippen LogP contribution in [-0.2, 0) is 0 Å². The second-order valence-corrected chi connectivity index (χ2v) is 9.64. The lowest BCUT2D eigenvalue weighted by Gasteiger charge is -2.12. The van der Waals surface area contributed by atoms with Crippen molar-refractivity contribution in [2.45, 2.75) is 0 Å². The summed E-state index contributed by atoms with van der Waals surface area (Å²) in [5.74, 6) is 1.90. The second kappa shape index (κ2) is 8.61. The number of fused-ring (bicyclic) bond motifs is 5. The highest BCUT2D eigenvalue weighted by Crippen LogP contribution is 2.37. The second-order valence-electron chi connectivity index (χ2n) is 9.64. The van der Waals surface area contributed by atoms with Crippen LogP contribution in [0.3, 0.4) is 0 Å². The highest BCUT2D eigenvalue weighted by Gasteiger charge is 2.19. The van der Waals surface area contributed by atoms with E-state index in [0.29, 0.717) is 17.5 Å². The number of furan rings is 1. The fourth-order valence-corrected chi connectivity index (χ4v) is 5.54. The molecular formula is C35H21N3O. The number of hydrogen-bond donors (Lipinski definition) is 0. The predicted octanol–water partition coefficient (Wildman–Crippen LogP) is 9.08. The van der Waals surface area contributed by atoms with Crippen LogP contribution in [0.2, 0.25) is 0 Å². The van der Waals surface area contributed by atoms with E-state index in [4.69, 9.17) is 19.4 Å². The highest BCUT2D eigenvalue weighted by atomic mass is 16.3. The van der Waals surface area contributed by atoms with E-state index >= 15 is 0 Å². The number of benzene rings is 6. The van der Waals surface area contributed by atoms with Gasteiger partial charge in [0.2, 0.25) is 0 Å². The number of rotatable bonds is 3. The van der Waals surface area contributed by atoms with Crippen molar-refractivity contribution in [1.82, 2.24) is 15.0 Å². The standard InChI is InChI=1S/C35H21N3O/c1-3-14-24-22(10-1)12-7-17-26(24)33-36-34(27-18-8-13-23-11-2-4-15-25(23)27)38-35(37-33)29-19-9-21-31-32(29)28-16-5-6-20-30(28)39-31/h1-21H. The summed E-state index contributed by atoms with van der Waals surface area (Å²) in [5, 5.41) is 6.55. The van der Waals surface area contributed by atoms with Gasteiger partial charge in [-0.15, -0.1) is 0 Å². The largest absolute Gasteiger partial charge is 0.456 e. The van der Waals surface area contributed by atoms with Crippen LogP contribution in [0.25, 0.3) is 77.6 Å². The molecule has 0 spiro atoms. The smallest absolute Gasteiger partial charge is 0.164 e. The number of aromatic nitrogens is 3. The molecule has 0 atom stereocenters. The Morgan fingerprint density at radius 1 is 0.359 bits per heavy atom.